The summed E-state index contributed by atoms with van der Waals surface area (Å²) in [6.07, 6.45) is 3.69. The third-order valence-corrected chi connectivity index (χ3v) is 4.12. The molecule has 1 aliphatic heterocycles. The quantitative estimate of drug-likeness (QED) is 0.650. The van der Waals surface area contributed by atoms with E-state index in [1.165, 1.54) is 5.57 Å². The summed E-state index contributed by atoms with van der Waals surface area (Å²) in [6, 6.07) is 7.81. The van der Waals surface area contributed by atoms with Crippen LogP contribution in [0, 0.1) is 5.41 Å². The first-order valence-electron chi connectivity index (χ1n) is 7.11. The summed E-state index contributed by atoms with van der Waals surface area (Å²) < 4.78 is 0. The maximum absolute atomic E-state index is 12.3. The Morgan fingerprint density at radius 1 is 1.25 bits per heavy atom. The van der Waals surface area contributed by atoms with Crippen LogP contribution in [0.2, 0.25) is 0 Å². The fourth-order valence-electron chi connectivity index (χ4n) is 2.48. The van der Waals surface area contributed by atoms with Crippen molar-refractivity contribution in [3.05, 3.63) is 41.5 Å². The number of benzene rings is 1. The number of nitrogens with zero attached hydrogens (tertiary/aromatic N) is 1. The third-order valence-electron chi connectivity index (χ3n) is 3.82. The molecule has 1 aromatic carbocycles. The van der Waals surface area contributed by atoms with Crippen LogP contribution in [0.5, 0.6) is 0 Å². The molecule has 1 amide bonds. The largest absolute Gasteiger partial charge is 0.338 e. The number of hydrogen-bond acceptors (Lipinski definition) is 2. The smallest absolute Gasteiger partial charge is 0.227 e. The first-order valence-corrected chi connectivity index (χ1v) is 7.56. The zero-order valence-corrected chi connectivity index (χ0v) is 13.4. The molecule has 0 saturated carbocycles. The first-order chi connectivity index (χ1) is 9.36. The second-order valence-corrected chi connectivity index (χ2v) is 6.93. The van der Waals surface area contributed by atoms with Crippen molar-refractivity contribution in [1.82, 2.24) is 4.90 Å². The van der Waals surface area contributed by atoms with Crippen LogP contribution in [-0.2, 0) is 11.2 Å². The summed E-state index contributed by atoms with van der Waals surface area (Å²) in [7, 11) is 0. The lowest BCUT2D eigenvalue weighted by Crippen LogP contribution is -2.37. The van der Waals surface area contributed by atoms with Gasteiger partial charge in [0.15, 0.2) is 0 Å². The minimum atomic E-state index is 0.209. The molecule has 0 aliphatic carbocycles. The van der Waals surface area contributed by atoms with Gasteiger partial charge in [-0.15, -0.1) is 12.6 Å². The van der Waals surface area contributed by atoms with Crippen LogP contribution in [0.3, 0.4) is 0 Å². The molecule has 0 spiro atoms. The lowest BCUT2D eigenvalue weighted by atomic mass is 9.83. The van der Waals surface area contributed by atoms with E-state index in [0.29, 0.717) is 6.42 Å². The van der Waals surface area contributed by atoms with Crippen LogP contribution < -0.4 is 0 Å². The predicted octanol–water partition coefficient (Wildman–Crippen LogP) is 3.72. The van der Waals surface area contributed by atoms with Gasteiger partial charge in [0.2, 0.25) is 5.91 Å². The molecule has 20 heavy (non-hydrogen) atoms. The number of carbonyl (C=O) groups excluding carboxylic acids is 1. The highest BCUT2D eigenvalue weighted by Gasteiger charge is 2.23. The van der Waals surface area contributed by atoms with Crippen LogP contribution in [-0.4, -0.2) is 23.9 Å². The fraction of sp³-hybridized carbons (Fsp3) is 0.471. The Morgan fingerprint density at radius 2 is 1.90 bits per heavy atom. The topological polar surface area (TPSA) is 20.3 Å². The van der Waals surface area contributed by atoms with E-state index in [1.54, 1.807) is 0 Å². The van der Waals surface area contributed by atoms with Crippen molar-refractivity contribution in [1.29, 1.82) is 0 Å². The molecule has 0 atom stereocenters. The SMILES string of the molecule is CC(C)(C)C1=CCN(C(=O)Cc2ccc(S)cc2)CC1. The van der Waals surface area contributed by atoms with Gasteiger partial charge in [0.1, 0.15) is 0 Å². The Kier molecular flexibility index (Phi) is 4.59. The van der Waals surface area contributed by atoms with Crippen molar-refractivity contribution in [3.63, 3.8) is 0 Å². The molecule has 3 heteroatoms. The van der Waals surface area contributed by atoms with E-state index in [-0.39, 0.29) is 11.3 Å². The number of carbonyl (C=O) groups is 1. The normalized spacial score (nSPS) is 16.0. The highest BCUT2D eigenvalue weighted by atomic mass is 32.1. The molecule has 0 fully saturated rings. The Balaban J connectivity index is 1.95. The number of hydrogen-bond donors (Lipinski definition) is 1. The Hall–Kier alpha value is -1.22. The summed E-state index contributed by atoms with van der Waals surface area (Å²) in [5, 5.41) is 0. The lowest BCUT2D eigenvalue weighted by molar-refractivity contribution is -0.130. The monoisotopic (exact) mass is 289 g/mol. The van der Waals surface area contributed by atoms with E-state index in [0.717, 1.165) is 30.0 Å². The zero-order chi connectivity index (χ0) is 14.8. The summed E-state index contributed by atoms with van der Waals surface area (Å²) >= 11 is 4.26. The maximum atomic E-state index is 12.3. The van der Waals surface area contributed by atoms with Gasteiger partial charge in [0.05, 0.1) is 6.42 Å². The van der Waals surface area contributed by atoms with Crippen LogP contribution in [0.4, 0.5) is 0 Å². The fourth-order valence-corrected chi connectivity index (χ4v) is 2.63. The molecule has 0 N–H and O–H groups in total. The second kappa shape index (κ2) is 6.04. The molecule has 2 nitrogen and oxygen atoms in total. The highest BCUT2D eigenvalue weighted by Crippen LogP contribution is 2.30. The molecular formula is C17H23NOS. The van der Waals surface area contributed by atoms with Gasteiger partial charge in [0.25, 0.3) is 0 Å². The molecular weight excluding hydrogens is 266 g/mol. The van der Waals surface area contributed by atoms with E-state index in [1.807, 2.05) is 29.2 Å². The molecule has 108 valence electrons. The highest BCUT2D eigenvalue weighted by molar-refractivity contribution is 7.80. The molecule has 1 aromatic rings. The summed E-state index contributed by atoms with van der Waals surface area (Å²) in [5.74, 6) is 0.209. The van der Waals surface area contributed by atoms with Gasteiger partial charge >= 0.3 is 0 Å². The van der Waals surface area contributed by atoms with Crippen molar-refractivity contribution in [2.45, 2.75) is 38.5 Å². The lowest BCUT2D eigenvalue weighted by Gasteiger charge is -2.32. The number of rotatable bonds is 2. The third kappa shape index (κ3) is 3.89. The van der Waals surface area contributed by atoms with Crippen LogP contribution in [0.15, 0.2) is 40.8 Å². The van der Waals surface area contributed by atoms with E-state index in [2.05, 4.69) is 39.5 Å². The molecule has 0 saturated heterocycles. The first kappa shape index (κ1) is 15.2. The molecule has 0 bridgehead atoms. The van der Waals surface area contributed by atoms with Gasteiger partial charge in [-0.25, -0.2) is 0 Å². The van der Waals surface area contributed by atoms with Crippen molar-refractivity contribution in [2.24, 2.45) is 5.41 Å². The number of thiol groups is 1. The predicted molar refractivity (Wildman–Crippen MR) is 86.1 cm³/mol. The summed E-state index contributed by atoms with van der Waals surface area (Å²) in [4.78, 5) is 15.2. The van der Waals surface area contributed by atoms with Gasteiger partial charge in [-0.1, -0.05) is 44.6 Å². The van der Waals surface area contributed by atoms with Crippen molar-refractivity contribution >= 4 is 18.5 Å². The van der Waals surface area contributed by atoms with E-state index in [9.17, 15) is 4.79 Å². The maximum Gasteiger partial charge on any atom is 0.227 e. The standard InChI is InChI=1S/C17H23NOS/c1-17(2,3)14-8-10-18(11-9-14)16(19)12-13-4-6-15(20)7-5-13/h4-8,20H,9-12H2,1-3H3. The Morgan fingerprint density at radius 3 is 2.40 bits per heavy atom. The van der Waals surface area contributed by atoms with Gasteiger partial charge in [-0.3, -0.25) is 4.79 Å². The molecule has 0 aromatic heterocycles. The van der Waals surface area contributed by atoms with Crippen LogP contribution in [0.25, 0.3) is 0 Å². The average molecular weight is 289 g/mol. The van der Waals surface area contributed by atoms with Gasteiger partial charge in [-0.05, 0) is 29.5 Å². The van der Waals surface area contributed by atoms with Gasteiger partial charge < -0.3 is 4.90 Å². The van der Waals surface area contributed by atoms with Gasteiger partial charge in [0, 0.05) is 18.0 Å². The summed E-state index contributed by atoms with van der Waals surface area (Å²) in [6.45, 7) is 8.28. The van der Waals surface area contributed by atoms with Crippen LogP contribution >= 0.6 is 12.6 Å². The van der Waals surface area contributed by atoms with E-state index < -0.39 is 0 Å². The molecule has 2 rings (SSSR count). The second-order valence-electron chi connectivity index (χ2n) is 6.41. The number of amides is 1. The summed E-state index contributed by atoms with van der Waals surface area (Å²) in [5.41, 5.74) is 2.73. The van der Waals surface area contributed by atoms with Crippen molar-refractivity contribution < 1.29 is 4.79 Å². The molecule has 1 heterocycles. The zero-order valence-electron chi connectivity index (χ0n) is 12.5. The Bertz CT molecular complexity index is 511. The van der Waals surface area contributed by atoms with Crippen LogP contribution in [0.1, 0.15) is 32.8 Å². The average Bonchev–Trinajstić information content (AvgIpc) is 2.40. The Labute approximate surface area is 127 Å². The molecule has 0 radical (unpaired) electrons. The van der Waals surface area contributed by atoms with Crippen molar-refractivity contribution in [3.8, 4) is 0 Å². The van der Waals surface area contributed by atoms with Gasteiger partial charge in [-0.2, -0.15) is 0 Å². The minimum Gasteiger partial charge on any atom is -0.338 e. The molecule has 0 unspecified atom stereocenters. The molecule has 1 aliphatic rings. The van der Waals surface area contributed by atoms with Crippen molar-refractivity contribution in [2.75, 3.05) is 13.1 Å². The minimum absolute atomic E-state index is 0.209. The van der Waals surface area contributed by atoms with E-state index in [4.69, 9.17) is 0 Å². The van der Waals surface area contributed by atoms with E-state index >= 15 is 0 Å².